The molecule has 0 fully saturated rings. The molecule has 1 unspecified atom stereocenters. The number of halogens is 1. The van der Waals surface area contributed by atoms with Crippen LogP contribution in [0.25, 0.3) is 10.8 Å². The van der Waals surface area contributed by atoms with Gasteiger partial charge in [0.1, 0.15) is 11.5 Å². The number of ether oxygens (including phenoxy) is 2. The molecule has 1 atom stereocenters. The maximum absolute atomic E-state index is 12.2. The van der Waals surface area contributed by atoms with Crippen molar-refractivity contribution in [2.24, 2.45) is 0 Å². The minimum Gasteiger partial charge on any atom is -0.422 e. The van der Waals surface area contributed by atoms with Gasteiger partial charge in [-0.1, -0.05) is 49.6 Å². The van der Waals surface area contributed by atoms with E-state index in [1.54, 1.807) is 19.9 Å². The van der Waals surface area contributed by atoms with Crippen molar-refractivity contribution in [3.8, 4) is 11.5 Å². The predicted octanol–water partition coefficient (Wildman–Crippen LogP) is 5.20. The van der Waals surface area contributed by atoms with Crippen LogP contribution in [0.1, 0.15) is 30.4 Å². The van der Waals surface area contributed by atoms with Crippen molar-refractivity contribution in [1.82, 2.24) is 0 Å². The second kappa shape index (κ2) is 7.41. The van der Waals surface area contributed by atoms with E-state index in [4.69, 9.17) is 21.1 Å². The third-order valence-electron chi connectivity index (χ3n) is 4.25. The third kappa shape index (κ3) is 3.53. The van der Waals surface area contributed by atoms with Gasteiger partial charge in [0, 0.05) is 33.0 Å². The molecule has 3 rings (SSSR count). The molecule has 0 saturated heterocycles. The molecule has 0 N–H and O–H groups in total. The number of alkyl halides is 1. The quantitative estimate of drug-likeness (QED) is 0.240. The summed E-state index contributed by atoms with van der Waals surface area (Å²) in [5, 5.41) is 0.777. The summed E-state index contributed by atoms with van der Waals surface area (Å²) in [6.45, 7) is 10.4. The van der Waals surface area contributed by atoms with Gasteiger partial charge in [0.25, 0.3) is 0 Å². The van der Waals surface area contributed by atoms with E-state index in [1.165, 1.54) is 0 Å². The van der Waals surface area contributed by atoms with E-state index in [9.17, 15) is 9.59 Å². The Labute approximate surface area is 162 Å². The fourth-order valence-corrected chi connectivity index (χ4v) is 3.26. The van der Waals surface area contributed by atoms with Crippen molar-refractivity contribution in [2.45, 2.75) is 25.6 Å². The van der Waals surface area contributed by atoms with Gasteiger partial charge in [0.2, 0.25) is 0 Å². The molecule has 0 bridgehead atoms. The smallest absolute Gasteiger partial charge is 0.338 e. The number of rotatable bonds is 4. The lowest BCUT2D eigenvalue weighted by Gasteiger charge is -2.24. The van der Waals surface area contributed by atoms with E-state index in [0.717, 1.165) is 5.56 Å². The van der Waals surface area contributed by atoms with Gasteiger partial charge in [-0.15, -0.1) is 11.6 Å². The molecule has 5 heteroatoms. The lowest BCUT2D eigenvalue weighted by atomic mass is 9.90. The molecular formula is C22H19ClO4. The highest BCUT2D eigenvalue weighted by molar-refractivity contribution is 6.23. The maximum atomic E-state index is 12.2. The molecule has 4 nitrogen and oxygen atoms in total. The van der Waals surface area contributed by atoms with Crippen molar-refractivity contribution in [3.63, 3.8) is 0 Å². The number of esters is 2. The Balaban J connectivity index is 2.32. The molecule has 0 amide bonds. The minimum atomic E-state index is -0.535. The predicted molar refractivity (Wildman–Crippen MR) is 106 cm³/mol. The van der Waals surface area contributed by atoms with Crippen LogP contribution in [0, 0.1) is 0 Å². The van der Waals surface area contributed by atoms with E-state index in [2.05, 4.69) is 13.2 Å². The molecule has 0 spiro atoms. The number of fused-ring (bicyclic) bond motifs is 2. The average molecular weight is 383 g/mol. The number of benzene rings is 2. The van der Waals surface area contributed by atoms with E-state index in [-0.39, 0.29) is 5.57 Å². The Morgan fingerprint density at radius 3 is 2.07 bits per heavy atom. The van der Waals surface area contributed by atoms with Crippen LogP contribution in [0.4, 0.5) is 0 Å². The van der Waals surface area contributed by atoms with E-state index < -0.39 is 17.3 Å². The molecule has 1 aliphatic carbocycles. The lowest BCUT2D eigenvalue weighted by molar-refractivity contribution is -0.131. The van der Waals surface area contributed by atoms with Gasteiger partial charge in [0.15, 0.2) is 0 Å². The summed E-state index contributed by atoms with van der Waals surface area (Å²) in [4.78, 5) is 24.4. The van der Waals surface area contributed by atoms with Crippen LogP contribution in [-0.2, 0) is 16.0 Å². The summed E-state index contributed by atoms with van der Waals surface area (Å²) >= 11 is 6.53. The fourth-order valence-electron chi connectivity index (χ4n) is 2.93. The Morgan fingerprint density at radius 2 is 1.52 bits per heavy atom. The molecule has 2 aromatic carbocycles. The monoisotopic (exact) mass is 382 g/mol. The zero-order valence-electron chi connectivity index (χ0n) is 15.2. The highest BCUT2D eigenvalue weighted by Gasteiger charge is 2.29. The standard InChI is InChI=1S/C22H19ClO4/c1-12(2)21(24)26-19-14-8-5-6-9-15(14)20(27-22(25)13(3)4)18-16(19)10-7-11-17(18)23/h5-9,11,17H,1,3,10H2,2,4H3. The van der Waals surface area contributed by atoms with Crippen LogP contribution in [0.2, 0.25) is 0 Å². The van der Waals surface area contributed by atoms with E-state index >= 15 is 0 Å². The second-order valence-electron chi connectivity index (χ2n) is 6.47. The Morgan fingerprint density at radius 1 is 1.00 bits per heavy atom. The molecule has 27 heavy (non-hydrogen) atoms. The van der Waals surface area contributed by atoms with Crippen molar-refractivity contribution in [3.05, 3.63) is 71.8 Å². The van der Waals surface area contributed by atoms with Gasteiger partial charge in [-0.2, -0.15) is 0 Å². The van der Waals surface area contributed by atoms with Gasteiger partial charge in [-0.3, -0.25) is 0 Å². The summed E-state index contributed by atoms with van der Waals surface area (Å²) in [7, 11) is 0. The van der Waals surface area contributed by atoms with Crippen molar-refractivity contribution >= 4 is 34.3 Å². The molecular weight excluding hydrogens is 364 g/mol. The summed E-state index contributed by atoms with van der Waals surface area (Å²) in [6, 6.07) is 7.26. The number of carbonyl (C=O) groups is 2. The number of hydrogen-bond donors (Lipinski definition) is 0. The van der Waals surface area contributed by atoms with Crippen molar-refractivity contribution in [1.29, 1.82) is 0 Å². The Kier molecular flexibility index (Phi) is 5.19. The van der Waals surface area contributed by atoms with Crippen LogP contribution in [0.5, 0.6) is 11.5 Å². The second-order valence-corrected chi connectivity index (χ2v) is 6.94. The van der Waals surface area contributed by atoms with Crippen LogP contribution in [-0.4, -0.2) is 11.9 Å². The van der Waals surface area contributed by atoms with Crippen LogP contribution in [0.3, 0.4) is 0 Å². The van der Waals surface area contributed by atoms with Gasteiger partial charge in [0.05, 0.1) is 5.38 Å². The SMILES string of the molecule is C=C(C)C(=O)Oc1c2c(c(OC(=O)C(=C)C)c3ccccc13)C(Cl)C=CC2. The van der Waals surface area contributed by atoms with Gasteiger partial charge in [-0.05, 0) is 20.3 Å². The minimum absolute atomic E-state index is 0.281. The number of hydrogen-bond acceptors (Lipinski definition) is 4. The van der Waals surface area contributed by atoms with Crippen LogP contribution >= 0.6 is 11.6 Å². The number of carbonyl (C=O) groups excluding carboxylic acids is 2. The topological polar surface area (TPSA) is 52.6 Å². The van der Waals surface area contributed by atoms with E-state index in [0.29, 0.717) is 39.8 Å². The zero-order valence-corrected chi connectivity index (χ0v) is 15.9. The molecule has 0 aliphatic heterocycles. The molecule has 2 aromatic rings. The fraction of sp³-hybridized carbons (Fsp3) is 0.182. The normalized spacial score (nSPS) is 15.1. The Hall–Kier alpha value is -2.85. The summed E-state index contributed by atoms with van der Waals surface area (Å²) in [6.07, 6.45) is 4.22. The van der Waals surface area contributed by atoms with Crippen LogP contribution in [0.15, 0.2) is 60.7 Å². The highest BCUT2D eigenvalue weighted by Crippen LogP contribution is 2.48. The summed E-state index contributed by atoms with van der Waals surface area (Å²) in [5.41, 5.74) is 1.91. The molecule has 1 aliphatic rings. The lowest BCUT2D eigenvalue weighted by Crippen LogP contribution is -2.16. The Bertz CT molecular complexity index is 1020. The van der Waals surface area contributed by atoms with Gasteiger partial charge in [-0.25, -0.2) is 9.59 Å². The van der Waals surface area contributed by atoms with E-state index in [1.807, 2.05) is 30.4 Å². The largest absolute Gasteiger partial charge is 0.422 e. The first-order valence-electron chi connectivity index (χ1n) is 8.44. The van der Waals surface area contributed by atoms with Gasteiger partial charge >= 0.3 is 11.9 Å². The van der Waals surface area contributed by atoms with Gasteiger partial charge < -0.3 is 9.47 Å². The first-order chi connectivity index (χ1) is 12.8. The first kappa shape index (κ1) is 18.9. The average Bonchev–Trinajstić information content (AvgIpc) is 2.63. The maximum Gasteiger partial charge on any atom is 0.338 e. The van der Waals surface area contributed by atoms with Crippen LogP contribution < -0.4 is 9.47 Å². The summed E-state index contributed by atoms with van der Waals surface area (Å²) < 4.78 is 11.3. The number of allylic oxidation sites excluding steroid dienone is 2. The molecule has 138 valence electrons. The zero-order chi connectivity index (χ0) is 19.7. The van der Waals surface area contributed by atoms with Crippen molar-refractivity contribution in [2.75, 3.05) is 0 Å². The highest BCUT2D eigenvalue weighted by atomic mass is 35.5. The molecule has 0 saturated carbocycles. The molecule has 0 heterocycles. The molecule has 0 aromatic heterocycles. The molecule has 0 radical (unpaired) electrons. The third-order valence-corrected chi connectivity index (χ3v) is 4.61. The van der Waals surface area contributed by atoms with Crippen molar-refractivity contribution < 1.29 is 19.1 Å². The summed E-state index contributed by atoms with van der Waals surface area (Å²) in [5.74, 6) is -0.269. The first-order valence-corrected chi connectivity index (χ1v) is 8.88.